The van der Waals surface area contributed by atoms with Crippen molar-refractivity contribution in [2.45, 2.75) is 30.2 Å². The number of amides is 1. The van der Waals surface area contributed by atoms with Crippen LogP contribution in [0.5, 0.6) is 0 Å². The maximum absolute atomic E-state index is 12.4. The molecular weight excluding hydrogens is 294 g/mol. The van der Waals surface area contributed by atoms with E-state index in [-0.39, 0.29) is 11.9 Å². The zero-order chi connectivity index (χ0) is 15.5. The van der Waals surface area contributed by atoms with Crippen molar-refractivity contribution in [2.24, 2.45) is 13.0 Å². The number of carbonyl (C=O) groups excluding carboxylic acids is 1. The second-order valence-electron chi connectivity index (χ2n) is 5.80. The third-order valence-corrected chi connectivity index (χ3v) is 4.81. The summed E-state index contributed by atoms with van der Waals surface area (Å²) in [6.07, 6.45) is 8.52. The lowest BCUT2D eigenvalue weighted by atomic mass is 10.1. The number of aromatic nitrogens is 2. The Morgan fingerprint density at radius 1 is 1.41 bits per heavy atom. The number of rotatable bonds is 6. The molecule has 5 heteroatoms. The molecule has 1 amide bonds. The molecule has 1 unspecified atom stereocenters. The zero-order valence-electron chi connectivity index (χ0n) is 13.0. The maximum atomic E-state index is 12.4. The molecule has 3 rings (SSSR count). The minimum Gasteiger partial charge on any atom is -0.346 e. The van der Waals surface area contributed by atoms with Gasteiger partial charge in [0.05, 0.1) is 12.5 Å². The largest absolute Gasteiger partial charge is 0.346 e. The first-order chi connectivity index (χ1) is 10.7. The van der Waals surface area contributed by atoms with Crippen LogP contribution < -0.4 is 5.32 Å². The SMILES string of the molecule is CSc1ccc(CC(=O)NC(c2nccn2C)C2CC2)cc1. The van der Waals surface area contributed by atoms with Crippen LogP contribution in [0.2, 0.25) is 0 Å². The van der Waals surface area contributed by atoms with Gasteiger partial charge < -0.3 is 9.88 Å². The van der Waals surface area contributed by atoms with Gasteiger partial charge in [-0.2, -0.15) is 0 Å². The average Bonchev–Trinajstić information content (AvgIpc) is 3.27. The number of thioether (sulfide) groups is 1. The van der Waals surface area contributed by atoms with Gasteiger partial charge in [0, 0.05) is 24.3 Å². The fourth-order valence-electron chi connectivity index (χ4n) is 2.65. The minimum atomic E-state index is 0.0398. The van der Waals surface area contributed by atoms with Crippen molar-refractivity contribution in [2.75, 3.05) is 6.26 Å². The van der Waals surface area contributed by atoms with Crippen molar-refractivity contribution in [3.63, 3.8) is 0 Å². The number of nitrogens with one attached hydrogen (secondary N) is 1. The quantitative estimate of drug-likeness (QED) is 0.834. The summed E-state index contributed by atoms with van der Waals surface area (Å²) < 4.78 is 2.00. The monoisotopic (exact) mass is 315 g/mol. The summed E-state index contributed by atoms with van der Waals surface area (Å²) in [5.74, 6) is 1.55. The second kappa shape index (κ2) is 6.57. The van der Waals surface area contributed by atoms with Gasteiger partial charge in [0.15, 0.2) is 0 Å². The number of hydrogen-bond donors (Lipinski definition) is 1. The van der Waals surface area contributed by atoms with E-state index in [4.69, 9.17) is 0 Å². The molecule has 0 radical (unpaired) electrons. The van der Waals surface area contributed by atoms with Gasteiger partial charge in [-0.05, 0) is 42.7 Å². The molecule has 1 N–H and O–H groups in total. The summed E-state index contributed by atoms with van der Waals surface area (Å²) in [6, 6.07) is 8.21. The summed E-state index contributed by atoms with van der Waals surface area (Å²) in [5.41, 5.74) is 1.05. The fraction of sp³-hybridized carbons (Fsp3) is 0.412. The van der Waals surface area contributed by atoms with Gasteiger partial charge >= 0.3 is 0 Å². The normalized spacial score (nSPS) is 15.5. The van der Waals surface area contributed by atoms with Crippen molar-refractivity contribution >= 4 is 17.7 Å². The highest BCUT2D eigenvalue weighted by atomic mass is 32.2. The molecule has 0 spiro atoms. The lowest BCUT2D eigenvalue weighted by Gasteiger charge is -2.18. The minimum absolute atomic E-state index is 0.0398. The van der Waals surface area contributed by atoms with E-state index in [1.165, 1.54) is 17.7 Å². The zero-order valence-corrected chi connectivity index (χ0v) is 13.8. The van der Waals surface area contributed by atoms with E-state index >= 15 is 0 Å². The van der Waals surface area contributed by atoms with Crippen LogP contribution in [-0.2, 0) is 18.3 Å². The molecule has 116 valence electrons. The summed E-state index contributed by atoms with van der Waals surface area (Å²) in [7, 11) is 1.98. The van der Waals surface area contributed by atoms with Crippen molar-refractivity contribution in [3.05, 3.63) is 48.0 Å². The number of carbonyl (C=O) groups is 1. The van der Waals surface area contributed by atoms with Crippen LogP contribution >= 0.6 is 11.8 Å². The highest BCUT2D eigenvalue weighted by molar-refractivity contribution is 7.98. The topological polar surface area (TPSA) is 46.9 Å². The van der Waals surface area contributed by atoms with Crippen LogP contribution in [0.15, 0.2) is 41.6 Å². The number of benzene rings is 1. The molecule has 1 fully saturated rings. The van der Waals surface area contributed by atoms with Crippen molar-refractivity contribution in [3.8, 4) is 0 Å². The summed E-state index contributed by atoms with van der Waals surface area (Å²) in [4.78, 5) is 18.0. The van der Waals surface area contributed by atoms with Gasteiger partial charge in [-0.15, -0.1) is 11.8 Å². The molecule has 0 bridgehead atoms. The number of hydrogen-bond acceptors (Lipinski definition) is 3. The van der Waals surface area contributed by atoms with E-state index < -0.39 is 0 Å². The first-order valence-corrected chi connectivity index (χ1v) is 8.79. The lowest BCUT2D eigenvalue weighted by Crippen LogP contribution is -2.32. The predicted molar refractivity (Wildman–Crippen MR) is 88.7 cm³/mol. The van der Waals surface area contributed by atoms with E-state index in [0.717, 1.165) is 11.4 Å². The van der Waals surface area contributed by atoms with Crippen LogP contribution in [0, 0.1) is 5.92 Å². The van der Waals surface area contributed by atoms with Crippen LogP contribution in [0.1, 0.15) is 30.3 Å². The van der Waals surface area contributed by atoms with Crippen LogP contribution in [0.4, 0.5) is 0 Å². The molecule has 22 heavy (non-hydrogen) atoms. The first kappa shape index (κ1) is 15.2. The highest BCUT2D eigenvalue weighted by Gasteiger charge is 2.35. The first-order valence-electron chi connectivity index (χ1n) is 7.57. The Hall–Kier alpha value is -1.75. The Labute approximate surface area is 135 Å². The number of aryl methyl sites for hydroxylation is 1. The molecule has 0 saturated heterocycles. The average molecular weight is 315 g/mol. The van der Waals surface area contributed by atoms with Crippen LogP contribution in [-0.4, -0.2) is 21.7 Å². The number of imidazole rings is 1. The van der Waals surface area contributed by atoms with E-state index in [1.54, 1.807) is 18.0 Å². The van der Waals surface area contributed by atoms with Gasteiger partial charge in [0.25, 0.3) is 0 Å². The molecule has 1 aliphatic carbocycles. The van der Waals surface area contributed by atoms with Gasteiger partial charge in [-0.1, -0.05) is 12.1 Å². The number of nitrogens with zero attached hydrogens (tertiary/aromatic N) is 2. The molecule has 1 aromatic heterocycles. The van der Waals surface area contributed by atoms with Gasteiger partial charge in [-0.3, -0.25) is 4.79 Å². The standard InChI is InChI=1S/C17H21N3OS/c1-20-10-9-18-17(20)16(13-5-6-13)19-15(21)11-12-3-7-14(22-2)8-4-12/h3-4,7-10,13,16H,5-6,11H2,1-2H3,(H,19,21). The van der Waals surface area contributed by atoms with Crippen molar-refractivity contribution < 1.29 is 4.79 Å². The van der Waals surface area contributed by atoms with Gasteiger partial charge in [0.1, 0.15) is 5.82 Å². The van der Waals surface area contributed by atoms with E-state index in [9.17, 15) is 4.79 Å². The van der Waals surface area contributed by atoms with E-state index in [0.29, 0.717) is 12.3 Å². The van der Waals surface area contributed by atoms with Crippen LogP contribution in [0.3, 0.4) is 0 Å². The molecule has 1 aliphatic rings. The Balaban J connectivity index is 1.65. The van der Waals surface area contributed by atoms with Crippen molar-refractivity contribution in [1.82, 2.24) is 14.9 Å². The molecule has 1 atom stereocenters. The predicted octanol–water partition coefficient (Wildman–Crippen LogP) is 2.95. The molecule has 1 saturated carbocycles. The highest BCUT2D eigenvalue weighted by Crippen LogP contribution is 2.40. The second-order valence-corrected chi connectivity index (χ2v) is 6.68. The molecular formula is C17H21N3OS. The van der Waals surface area contributed by atoms with Gasteiger partial charge in [0.2, 0.25) is 5.91 Å². The summed E-state index contributed by atoms with van der Waals surface area (Å²) in [5, 5.41) is 3.17. The maximum Gasteiger partial charge on any atom is 0.225 e. The Morgan fingerprint density at radius 2 is 2.14 bits per heavy atom. The Morgan fingerprint density at radius 3 is 2.68 bits per heavy atom. The third-order valence-electron chi connectivity index (χ3n) is 4.07. The summed E-state index contributed by atoms with van der Waals surface area (Å²) >= 11 is 1.71. The molecule has 2 aromatic rings. The van der Waals surface area contributed by atoms with E-state index in [2.05, 4.69) is 28.7 Å². The van der Waals surface area contributed by atoms with Crippen molar-refractivity contribution in [1.29, 1.82) is 0 Å². The third kappa shape index (κ3) is 3.53. The molecule has 1 heterocycles. The summed E-state index contributed by atoms with van der Waals surface area (Å²) in [6.45, 7) is 0. The molecule has 0 aliphatic heterocycles. The molecule has 1 aromatic carbocycles. The van der Waals surface area contributed by atoms with E-state index in [1.807, 2.05) is 29.9 Å². The Kier molecular flexibility index (Phi) is 4.52. The fourth-order valence-corrected chi connectivity index (χ4v) is 3.06. The lowest BCUT2D eigenvalue weighted by molar-refractivity contribution is -0.121. The van der Waals surface area contributed by atoms with Gasteiger partial charge in [-0.25, -0.2) is 4.98 Å². The van der Waals surface area contributed by atoms with Crippen LogP contribution in [0.25, 0.3) is 0 Å². The smallest absolute Gasteiger partial charge is 0.225 e. The molecule has 4 nitrogen and oxygen atoms in total. The Bertz CT molecular complexity index is 646.